The van der Waals surface area contributed by atoms with E-state index >= 15 is 0 Å². The standard InChI is InChI=1S/C13H18N6O3/c1-15-13(20)5-3-2-4-8-16-11-7-6-10(17-18-14)9-12(11)19(21)22/h6-7,9,16H,2-5,8H2,1H3,(H,15,20). The lowest BCUT2D eigenvalue weighted by Crippen LogP contribution is -2.17. The first-order valence-corrected chi connectivity index (χ1v) is 6.86. The van der Waals surface area contributed by atoms with Crippen LogP contribution in [0.2, 0.25) is 0 Å². The SMILES string of the molecule is CNC(=O)CCCCCNc1ccc(N=[N+]=[N-])cc1[N+](=O)[O-]. The average molecular weight is 306 g/mol. The third-order valence-electron chi connectivity index (χ3n) is 3.01. The van der Waals surface area contributed by atoms with Gasteiger partial charge >= 0.3 is 0 Å². The van der Waals surface area contributed by atoms with Gasteiger partial charge in [-0.25, -0.2) is 0 Å². The number of nitro groups is 1. The van der Waals surface area contributed by atoms with Crippen molar-refractivity contribution in [1.29, 1.82) is 0 Å². The molecule has 1 aromatic rings. The third kappa shape index (κ3) is 5.68. The molecule has 1 amide bonds. The molecule has 118 valence electrons. The highest BCUT2D eigenvalue weighted by Crippen LogP contribution is 2.29. The molecule has 9 heteroatoms. The summed E-state index contributed by atoms with van der Waals surface area (Å²) in [5.74, 6) is 0.0113. The van der Waals surface area contributed by atoms with Crippen LogP contribution in [0.15, 0.2) is 23.3 Å². The zero-order valence-electron chi connectivity index (χ0n) is 12.3. The van der Waals surface area contributed by atoms with Gasteiger partial charge in [-0.2, -0.15) is 0 Å². The van der Waals surface area contributed by atoms with Crippen LogP contribution < -0.4 is 10.6 Å². The van der Waals surface area contributed by atoms with Crippen molar-refractivity contribution < 1.29 is 9.72 Å². The summed E-state index contributed by atoms with van der Waals surface area (Å²) in [5, 5.41) is 19.9. The summed E-state index contributed by atoms with van der Waals surface area (Å²) in [7, 11) is 1.60. The van der Waals surface area contributed by atoms with Crippen molar-refractivity contribution in [2.75, 3.05) is 18.9 Å². The highest BCUT2D eigenvalue weighted by molar-refractivity contribution is 5.75. The number of hydrogen-bond donors (Lipinski definition) is 2. The van der Waals surface area contributed by atoms with Crippen LogP contribution in [0.3, 0.4) is 0 Å². The molecule has 0 heterocycles. The Labute approximate surface area is 127 Å². The lowest BCUT2D eigenvalue weighted by Gasteiger charge is -2.07. The van der Waals surface area contributed by atoms with Gasteiger partial charge in [0.25, 0.3) is 5.69 Å². The maximum absolute atomic E-state index is 11.0. The van der Waals surface area contributed by atoms with Gasteiger partial charge in [0.2, 0.25) is 5.91 Å². The van der Waals surface area contributed by atoms with Gasteiger partial charge in [-0.1, -0.05) is 17.6 Å². The Hall–Kier alpha value is -2.80. The number of carbonyl (C=O) groups excluding carboxylic acids is 1. The smallest absolute Gasteiger partial charge is 0.292 e. The summed E-state index contributed by atoms with van der Waals surface area (Å²) in [6.45, 7) is 0.565. The molecular weight excluding hydrogens is 288 g/mol. The van der Waals surface area contributed by atoms with Crippen LogP contribution in [0.5, 0.6) is 0 Å². The number of anilines is 1. The molecule has 1 aromatic carbocycles. The summed E-state index contributed by atoms with van der Waals surface area (Å²) < 4.78 is 0. The molecular formula is C13H18N6O3. The molecule has 9 nitrogen and oxygen atoms in total. The molecule has 0 radical (unpaired) electrons. The summed E-state index contributed by atoms with van der Waals surface area (Å²) in [4.78, 5) is 24.1. The second-order valence-electron chi connectivity index (χ2n) is 4.56. The first kappa shape index (κ1) is 17.3. The minimum absolute atomic E-state index is 0.0113. The third-order valence-corrected chi connectivity index (χ3v) is 3.01. The van der Waals surface area contributed by atoms with Crippen molar-refractivity contribution in [1.82, 2.24) is 5.32 Å². The first-order valence-electron chi connectivity index (χ1n) is 6.86. The zero-order chi connectivity index (χ0) is 16.4. The van der Waals surface area contributed by atoms with E-state index in [1.54, 1.807) is 7.05 Å². The van der Waals surface area contributed by atoms with Gasteiger partial charge in [-0.15, -0.1) is 0 Å². The van der Waals surface area contributed by atoms with E-state index in [1.165, 1.54) is 18.2 Å². The molecule has 0 saturated heterocycles. The van der Waals surface area contributed by atoms with E-state index in [0.29, 0.717) is 18.7 Å². The fraction of sp³-hybridized carbons (Fsp3) is 0.462. The van der Waals surface area contributed by atoms with Crippen molar-refractivity contribution >= 4 is 23.0 Å². The van der Waals surface area contributed by atoms with Crippen LogP contribution in [-0.4, -0.2) is 24.4 Å². The van der Waals surface area contributed by atoms with E-state index < -0.39 is 4.92 Å². The highest BCUT2D eigenvalue weighted by atomic mass is 16.6. The van der Waals surface area contributed by atoms with Crippen LogP contribution in [0, 0.1) is 10.1 Å². The molecule has 22 heavy (non-hydrogen) atoms. The molecule has 1 rings (SSSR count). The Kier molecular flexibility index (Phi) is 7.21. The molecule has 0 aliphatic heterocycles. The molecule has 0 aliphatic rings. The van der Waals surface area contributed by atoms with Gasteiger partial charge in [0.1, 0.15) is 5.69 Å². The van der Waals surface area contributed by atoms with Crippen LogP contribution in [0.4, 0.5) is 17.1 Å². The number of nitrogens with one attached hydrogen (secondary N) is 2. The minimum atomic E-state index is -0.523. The predicted octanol–water partition coefficient (Wildman–Crippen LogP) is 3.25. The minimum Gasteiger partial charge on any atom is -0.379 e. The van der Waals surface area contributed by atoms with E-state index in [2.05, 4.69) is 20.7 Å². The Morgan fingerprint density at radius 1 is 1.41 bits per heavy atom. The molecule has 0 saturated carbocycles. The lowest BCUT2D eigenvalue weighted by molar-refractivity contribution is -0.383. The van der Waals surface area contributed by atoms with Crippen molar-refractivity contribution in [3.05, 3.63) is 38.8 Å². The molecule has 2 N–H and O–H groups in total. The molecule has 0 atom stereocenters. The summed E-state index contributed by atoms with van der Waals surface area (Å²) in [6, 6.07) is 4.26. The number of hydrogen-bond acceptors (Lipinski definition) is 5. The Balaban J connectivity index is 2.50. The predicted molar refractivity (Wildman–Crippen MR) is 82.9 cm³/mol. The largest absolute Gasteiger partial charge is 0.379 e. The van der Waals surface area contributed by atoms with E-state index in [9.17, 15) is 14.9 Å². The zero-order valence-corrected chi connectivity index (χ0v) is 12.3. The van der Waals surface area contributed by atoms with E-state index in [4.69, 9.17) is 5.53 Å². The van der Waals surface area contributed by atoms with Crippen LogP contribution in [0.1, 0.15) is 25.7 Å². The van der Waals surface area contributed by atoms with Gasteiger partial charge in [-0.3, -0.25) is 14.9 Å². The van der Waals surface area contributed by atoms with Crippen molar-refractivity contribution in [2.24, 2.45) is 5.11 Å². The molecule has 0 aromatic heterocycles. The maximum atomic E-state index is 11.0. The van der Waals surface area contributed by atoms with Crippen molar-refractivity contribution in [3.63, 3.8) is 0 Å². The number of azide groups is 1. The number of rotatable bonds is 9. The van der Waals surface area contributed by atoms with E-state index in [0.717, 1.165) is 19.3 Å². The van der Waals surface area contributed by atoms with Crippen LogP contribution in [-0.2, 0) is 4.79 Å². The Morgan fingerprint density at radius 3 is 2.82 bits per heavy atom. The molecule has 0 fully saturated rings. The van der Waals surface area contributed by atoms with Crippen molar-refractivity contribution in [3.8, 4) is 0 Å². The van der Waals surface area contributed by atoms with Gasteiger partial charge in [0.15, 0.2) is 0 Å². The monoisotopic (exact) mass is 306 g/mol. The van der Waals surface area contributed by atoms with Gasteiger partial charge in [-0.05, 0) is 24.4 Å². The number of carbonyl (C=O) groups is 1. The summed E-state index contributed by atoms with van der Waals surface area (Å²) in [6.07, 6.45) is 2.91. The van der Waals surface area contributed by atoms with Crippen molar-refractivity contribution in [2.45, 2.75) is 25.7 Å². The van der Waals surface area contributed by atoms with Gasteiger partial charge in [0.05, 0.1) is 4.92 Å². The molecule has 0 aliphatic carbocycles. The second-order valence-corrected chi connectivity index (χ2v) is 4.56. The number of nitro benzene ring substituents is 1. The maximum Gasteiger partial charge on any atom is 0.292 e. The van der Waals surface area contributed by atoms with E-state index in [-0.39, 0.29) is 17.3 Å². The number of benzene rings is 1. The summed E-state index contributed by atoms with van der Waals surface area (Å²) >= 11 is 0. The number of nitrogens with zero attached hydrogens (tertiary/aromatic N) is 4. The molecule has 0 spiro atoms. The van der Waals surface area contributed by atoms with Gasteiger partial charge < -0.3 is 10.6 Å². The Morgan fingerprint density at radius 2 is 2.18 bits per heavy atom. The fourth-order valence-electron chi connectivity index (χ4n) is 1.87. The average Bonchev–Trinajstić information content (AvgIpc) is 2.51. The Bertz CT molecular complexity index is 583. The van der Waals surface area contributed by atoms with E-state index in [1.807, 2.05) is 0 Å². The molecule has 0 bridgehead atoms. The normalized spacial score (nSPS) is 9.68. The first-order chi connectivity index (χ1) is 10.6. The number of amides is 1. The fourth-order valence-corrected chi connectivity index (χ4v) is 1.87. The second kappa shape index (κ2) is 9.19. The summed E-state index contributed by atoms with van der Waals surface area (Å²) in [5.41, 5.74) is 8.80. The number of unbranched alkanes of at least 4 members (excludes halogenated alkanes) is 2. The lowest BCUT2D eigenvalue weighted by atomic mass is 10.2. The van der Waals surface area contributed by atoms with Crippen LogP contribution in [0.25, 0.3) is 10.4 Å². The highest BCUT2D eigenvalue weighted by Gasteiger charge is 2.13. The quantitative estimate of drug-likeness (QED) is 0.181. The van der Waals surface area contributed by atoms with Crippen LogP contribution >= 0.6 is 0 Å². The van der Waals surface area contributed by atoms with Gasteiger partial charge in [0, 0.05) is 36.7 Å². The topological polar surface area (TPSA) is 133 Å². The molecule has 0 unspecified atom stereocenters.